The number of hydrogen-bond donors (Lipinski definition) is 2. The maximum absolute atomic E-state index is 14.5. The number of nitrogens with zero attached hydrogens (tertiary/aromatic N) is 1. The summed E-state index contributed by atoms with van der Waals surface area (Å²) in [7, 11) is 1.61. The molecule has 2 atom stereocenters. The minimum absolute atomic E-state index is 0.0682. The minimum Gasteiger partial charge on any atom is -0.496 e. The summed E-state index contributed by atoms with van der Waals surface area (Å²) in [4.78, 5) is 19.6. The number of hydrogen-bond acceptors (Lipinski definition) is 6. The van der Waals surface area contributed by atoms with Crippen LogP contribution in [0.15, 0.2) is 111 Å². The average molecular weight is 708 g/mol. The molecule has 9 heteroatoms. The number of aliphatic imine (C=N–C) groups is 1. The van der Waals surface area contributed by atoms with E-state index in [0.29, 0.717) is 36.8 Å². The number of ether oxygens (including phenoxy) is 3. The number of halogens is 2. The molecule has 0 radical (unpaired) electrons. The summed E-state index contributed by atoms with van der Waals surface area (Å²) in [6, 6.07) is 30.7. The SMILES string of the molecule is COc1ccccc1CNC(=O)[C@]1(Cc2ccc(Br)cc2)N=C(c2ccc(OCCCO)cc2)O[C@@H]1c1ccccc1Br. The molecule has 4 aromatic carbocycles. The molecular weight excluding hydrogens is 676 g/mol. The molecule has 5 rings (SSSR count). The summed E-state index contributed by atoms with van der Waals surface area (Å²) in [5.41, 5.74) is 2.01. The standard InChI is InChI=1S/C34H32Br2N2O5/c1-41-30-10-5-2-7-25(30)22-37-33(40)34(21-23-11-15-26(35)16-12-23)31(28-8-3-4-9-29(28)36)43-32(38-34)24-13-17-27(18-14-24)42-20-6-19-39/h2-5,7-18,31,39H,6,19-22H2,1H3,(H,37,40)/t31-,34-/m1/s1. The number of carbonyl (C=O) groups is 1. The van der Waals surface area contributed by atoms with Gasteiger partial charge in [-0.25, -0.2) is 4.99 Å². The van der Waals surface area contributed by atoms with Crippen LogP contribution in [0.1, 0.15) is 34.8 Å². The van der Waals surface area contributed by atoms with Crippen LogP contribution in [0.25, 0.3) is 0 Å². The first-order valence-electron chi connectivity index (χ1n) is 13.9. The second-order valence-corrected chi connectivity index (χ2v) is 11.9. The van der Waals surface area contributed by atoms with Gasteiger partial charge in [0.1, 0.15) is 11.5 Å². The Morgan fingerprint density at radius 2 is 1.70 bits per heavy atom. The highest BCUT2D eigenvalue weighted by atomic mass is 79.9. The number of aliphatic hydroxyl groups is 1. The molecule has 2 N–H and O–H groups in total. The third-order valence-corrected chi connectivity index (χ3v) is 8.49. The van der Waals surface area contributed by atoms with Crippen molar-refractivity contribution in [2.24, 2.45) is 4.99 Å². The molecule has 0 spiro atoms. The van der Waals surface area contributed by atoms with Gasteiger partial charge >= 0.3 is 0 Å². The van der Waals surface area contributed by atoms with E-state index in [1.807, 2.05) is 97.1 Å². The molecule has 1 amide bonds. The van der Waals surface area contributed by atoms with E-state index in [4.69, 9.17) is 24.3 Å². The molecule has 0 saturated heterocycles. The first kappa shape index (κ1) is 30.8. The molecule has 0 fully saturated rings. The van der Waals surface area contributed by atoms with Gasteiger partial charge in [-0.2, -0.15) is 0 Å². The Morgan fingerprint density at radius 1 is 0.977 bits per heavy atom. The fraction of sp³-hybridized carbons (Fsp3) is 0.235. The summed E-state index contributed by atoms with van der Waals surface area (Å²) >= 11 is 7.21. The number of amides is 1. The van der Waals surface area contributed by atoms with E-state index < -0.39 is 11.6 Å². The van der Waals surface area contributed by atoms with Crippen LogP contribution in [0.3, 0.4) is 0 Å². The average Bonchev–Trinajstić information content (AvgIpc) is 3.42. The number of nitrogens with one attached hydrogen (secondary N) is 1. The Balaban J connectivity index is 1.57. The van der Waals surface area contributed by atoms with Crippen LogP contribution in [-0.2, 0) is 22.5 Å². The van der Waals surface area contributed by atoms with Gasteiger partial charge in [0.25, 0.3) is 5.91 Å². The van der Waals surface area contributed by atoms with Gasteiger partial charge in [0.05, 0.1) is 13.7 Å². The van der Waals surface area contributed by atoms with Gasteiger partial charge in [0, 0.05) is 51.6 Å². The summed E-state index contributed by atoms with van der Waals surface area (Å²) in [6.45, 7) is 0.747. The first-order chi connectivity index (χ1) is 20.9. The van der Waals surface area contributed by atoms with Gasteiger partial charge in [0.2, 0.25) is 5.90 Å². The Hall–Kier alpha value is -3.66. The fourth-order valence-corrected chi connectivity index (χ4v) is 5.80. The van der Waals surface area contributed by atoms with E-state index in [-0.39, 0.29) is 19.1 Å². The number of carbonyl (C=O) groups excluding carboxylic acids is 1. The van der Waals surface area contributed by atoms with E-state index in [1.165, 1.54) is 0 Å². The summed E-state index contributed by atoms with van der Waals surface area (Å²) in [5.74, 6) is 1.47. The lowest BCUT2D eigenvalue weighted by Crippen LogP contribution is -2.49. The molecule has 43 heavy (non-hydrogen) atoms. The second-order valence-electron chi connectivity index (χ2n) is 10.1. The second kappa shape index (κ2) is 14.2. The fourth-order valence-electron chi connectivity index (χ4n) is 5.04. The monoisotopic (exact) mass is 706 g/mol. The van der Waals surface area contributed by atoms with E-state index in [0.717, 1.165) is 31.2 Å². The van der Waals surface area contributed by atoms with Gasteiger partial charge in [-0.3, -0.25) is 4.79 Å². The zero-order valence-corrected chi connectivity index (χ0v) is 26.8. The highest BCUT2D eigenvalue weighted by Crippen LogP contribution is 2.44. The largest absolute Gasteiger partial charge is 0.496 e. The highest BCUT2D eigenvalue weighted by Gasteiger charge is 2.53. The van der Waals surface area contributed by atoms with Gasteiger partial charge in [0.15, 0.2) is 11.6 Å². The Kier molecular flexibility index (Phi) is 10.2. The molecule has 222 valence electrons. The number of rotatable bonds is 12. The van der Waals surface area contributed by atoms with E-state index in [1.54, 1.807) is 7.11 Å². The topological polar surface area (TPSA) is 89.4 Å². The Labute approximate surface area is 268 Å². The van der Waals surface area contributed by atoms with Gasteiger partial charge < -0.3 is 24.6 Å². The molecule has 1 heterocycles. The number of aliphatic hydroxyl groups excluding tert-OH is 1. The van der Waals surface area contributed by atoms with Gasteiger partial charge in [-0.1, -0.05) is 80.4 Å². The number of benzene rings is 4. The molecule has 0 aliphatic carbocycles. The van der Waals surface area contributed by atoms with Crippen molar-refractivity contribution in [3.63, 3.8) is 0 Å². The maximum Gasteiger partial charge on any atom is 0.252 e. The van der Waals surface area contributed by atoms with Crippen LogP contribution in [0.2, 0.25) is 0 Å². The Bertz CT molecular complexity index is 1580. The van der Waals surface area contributed by atoms with Crippen LogP contribution in [0, 0.1) is 0 Å². The third kappa shape index (κ3) is 7.12. The van der Waals surface area contributed by atoms with Crippen molar-refractivity contribution in [3.05, 3.63) is 128 Å². The van der Waals surface area contributed by atoms with Crippen LogP contribution in [-0.4, -0.2) is 42.8 Å². The Morgan fingerprint density at radius 3 is 2.42 bits per heavy atom. The molecule has 0 saturated carbocycles. The van der Waals surface area contributed by atoms with Crippen molar-refractivity contribution in [3.8, 4) is 11.5 Å². The van der Waals surface area contributed by atoms with E-state index in [2.05, 4.69) is 37.2 Å². The summed E-state index contributed by atoms with van der Waals surface area (Å²) in [6.07, 6.45) is 0.128. The lowest BCUT2D eigenvalue weighted by Gasteiger charge is -2.31. The first-order valence-corrected chi connectivity index (χ1v) is 15.5. The van der Waals surface area contributed by atoms with Gasteiger partial charge in [-0.15, -0.1) is 0 Å². The van der Waals surface area contributed by atoms with Crippen molar-refractivity contribution in [2.45, 2.75) is 31.0 Å². The van der Waals surface area contributed by atoms with Crippen molar-refractivity contribution < 1.29 is 24.1 Å². The molecular formula is C34H32Br2N2O5. The van der Waals surface area contributed by atoms with Crippen LogP contribution < -0.4 is 14.8 Å². The summed E-state index contributed by atoms with van der Waals surface area (Å²) < 4.78 is 19.6. The third-order valence-electron chi connectivity index (χ3n) is 7.24. The molecule has 0 unspecified atom stereocenters. The zero-order valence-electron chi connectivity index (χ0n) is 23.6. The van der Waals surface area contributed by atoms with Crippen LogP contribution in [0.5, 0.6) is 11.5 Å². The normalized spacial score (nSPS) is 17.6. The lowest BCUT2D eigenvalue weighted by atomic mass is 9.82. The summed E-state index contributed by atoms with van der Waals surface area (Å²) in [5, 5.41) is 12.2. The van der Waals surface area contributed by atoms with Crippen molar-refractivity contribution >= 4 is 43.7 Å². The van der Waals surface area contributed by atoms with Crippen LogP contribution in [0.4, 0.5) is 0 Å². The number of methoxy groups -OCH3 is 1. The zero-order chi connectivity index (χ0) is 30.2. The molecule has 7 nitrogen and oxygen atoms in total. The van der Waals surface area contributed by atoms with Gasteiger partial charge in [-0.05, 0) is 54.1 Å². The molecule has 4 aromatic rings. The predicted octanol–water partition coefficient (Wildman–Crippen LogP) is 6.80. The maximum atomic E-state index is 14.5. The predicted molar refractivity (Wildman–Crippen MR) is 174 cm³/mol. The van der Waals surface area contributed by atoms with Crippen molar-refractivity contribution in [1.82, 2.24) is 5.32 Å². The molecule has 1 aliphatic rings. The van der Waals surface area contributed by atoms with Crippen molar-refractivity contribution in [1.29, 1.82) is 0 Å². The molecule has 1 aliphatic heterocycles. The minimum atomic E-state index is -1.33. The van der Waals surface area contributed by atoms with E-state index in [9.17, 15) is 4.79 Å². The highest BCUT2D eigenvalue weighted by molar-refractivity contribution is 9.10. The smallest absolute Gasteiger partial charge is 0.252 e. The van der Waals surface area contributed by atoms with Crippen molar-refractivity contribution in [2.75, 3.05) is 20.3 Å². The molecule has 0 aromatic heterocycles. The van der Waals surface area contributed by atoms with Crippen LogP contribution >= 0.6 is 31.9 Å². The molecule has 0 bridgehead atoms. The lowest BCUT2D eigenvalue weighted by molar-refractivity contribution is -0.129. The van der Waals surface area contributed by atoms with E-state index >= 15 is 0 Å². The number of para-hydroxylation sites is 1. The quantitative estimate of drug-likeness (QED) is 0.158.